The highest BCUT2D eigenvalue weighted by molar-refractivity contribution is 5.50. The summed E-state index contributed by atoms with van der Waals surface area (Å²) in [6.45, 7) is 3.49. The SMILES string of the molecule is Fc1ccc(N2CC3C(N(Cc4ccccc4)Cc4ccccc4)[C@H]3C2)c(F)c1. The smallest absolute Gasteiger partial charge is 0.149 e. The van der Waals surface area contributed by atoms with Crippen molar-refractivity contribution >= 4 is 5.69 Å². The Balaban J connectivity index is 1.31. The van der Waals surface area contributed by atoms with Crippen LogP contribution in [0.2, 0.25) is 0 Å². The molecule has 1 heterocycles. The van der Waals surface area contributed by atoms with Crippen molar-refractivity contribution in [1.82, 2.24) is 4.90 Å². The number of piperidine rings is 1. The fourth-order valence-corrected chi connectivity index (χ4v) is 4.87. The molecule has 3 aromatic rings. The molecule has 1 aliphatic carbocycles. The zero-order valence-corrected chi connectivity index (χ0v) is 16.2. The van der Waals surface area contributed by atoms with Gasteiger partial charge in [0.25, 0.3) is 0 Å². The summed E-state index contributed by atoms with van der Waals surface area (Å²) < 4.78 is 27.4. The molecule has 0 aromatic heterocycles. The van der Waals surface area contributed by atoms with Gasteiger partial charge in [-0.25, -0.2) is 8.78 Å². The van der Waals surface area contributed by atoms with Crippen LogP contribution >= 0.6 is 0 Å². The highest BCUT2D eigenvalue weighted by atomic mass is 19.1. The number of benzene rings is 3. The molecule has 2 nitrogen and oxygen atoms in total. The Morgan fingerprint density at radius 2 is 1.31 bits per heavy atom. The van der Waals surface area contributed by atoms with Gasteiger partial charge in [0.2, 0.25) is 0 Å². The second-order valence-corrected chi connectivity index (χ2v) is 8.20. The van der Waals surface area contributed by atoms with E-state index < -0.39 is 11.6 Å². The number of halogens is 2. The molecule has 148 valence electrons. The minimum Gasteiger partial charge on any atom is -0.368 e. The maximum Gasteiger partial charge on any atom is 0.149 e. The minimum absolute atomic E-state index is 0.465. The van der Waals surface area contributed by atoms with Gasteiger partial charge in [0.15, 0.2) is 0 Å². The minimum atomic E-state index is -0.523. The van der Waals surface area contributed by atoms with Gasteiger partial charge >= 0.3 is 0 Å². The molecule has 3 aromatic carbocycles. The third kappa shape index (κ3) is 3.77. The van der Waals surface area contributed by atoms with Gasteiger partial charge in [0, 0.05) is 38.3 Å². The van der Waals surface area contributed by atoms with Crippen LogP contribution in [0.4, 0.5) is 14.5 Å². The maximum atomic E-state index is 14.2. The lowest BCUT2D eigenvalue weighted by atomic mass is 10.1. The number of fused-ring (bicyclic) bond motifs is 1. The van der Waals surface area contributed by atoms with E-state index in [1.165, 1.54) is 17.2 Å². The standard InChI is InChI=1S/C25H24F2N2/c26-20-11-12-24(23(27)13-20)28-16-21-22(17-28)25(21)29(14-18-7-3-1-4-8-18)15-19-9-5-2-6-10-19/h1-13,21-22,25H,14-17H2/t21-,22?,25?/m0/s1. The summed E-state index contributed by atoms with van der Waals surface area (Å²) in [6, 6.07) is 25.5. The van der Waals surface area contributed by atoms with E-state index in [9.17, 15) is 8.78 Å². The van der Waals surface area contributed by atoms with E-state index in [1.807, 2.05) is 12.1 Å². The van der Waals surface area contributed by atoms with E-state index in [-0.39, 0.29) is 0 Å². The predicted octanol–water partition coefficient (Wildman–Crippen LogP) is 5.10. The molecule has 0 N–H and O–H groups in total. The van der Waals surface area contributed by atoms with E-state index in [0.29, 0.717) is 23.6 Å². The van der Waals surface area contributed by atoms with E-state index in [1.54, 1.807) is 6.07 Å². The first-order valence-electron chi connectivity index (χ1n) is 10.2. The molecule has 0 bridgehead atoms. The van der Waals surface area contributed by atoms with Crippen molar-refractivity contribution in [3.05, 3.63) is 102 Å². The van der Waals surface area contributed by atoms with Crippen molar-refractivity contribution in [2.75, 3.05) is 18.0 Å². The Kier molecular flexibility index (Phi) is 4.80. The Morgan fingerprint density at radius 3 is 1.83 bits per heavy atom. The van der Waals surface area contributed by atoms with Crippen LogP contribution in [0.15, 0.2) is 78.9 Å². The van der Waals surface area contributed by atoms with E-state index in [0.717, 1.165) is 32.2 Å². The Morgan fingerprint density at radius 1 is 0.759 bits per heavy atom. The molecule has 2 aliphatic rings. The van der Waals surface area contributed by atoms with Crippen molar-refractivity contribution in [1.29, 1.82) is 0 Å². The van der Waals surface area contributed by atoms with Gasteiger partial charge in [0.1, 0.15) is 11.6 Å². The van der Waals surface area contributed by atoms with Crippen LogP contribution in [0.25, 0.3) is 0 Å². The van der Waals surface area contributed by atoms with Crippen LogP contribution in [0, 0.1) is 23.5 Å². The van der Waals surface area contributed by atoms with E-state index >= 15 is 0 Å². The molecule has 29 heavy (non-hydrogen) atoms. The number of nitrogens with zero attached hydrogens (tertiary/aromatic N) is 2. The van der Waals surface area contributed by atoms with Crippen LogP contribution in [0.1, 0.15) is 11.1 Å². The van der Waals surface area contributed by atoms with Crippen LogP contribution in [-0.2, 0) is 13.1 Å². The van der Waals surface area contributed by atoms with Gasteiger partial charge < -0.3 is 4.90 Å². The monoisotopic (exact) mass is 390 g/mol. The lowest BCUT2D eigenvalue weighted by molar-refractivity contribution is 0.222. The van der Waals surface area contributed by atoms with Crippen molar-refractivity contribution in [3.63, 3.8) is 0 Å². The third-order valence-electron chi connectivity index (χ3n) is 6.28. The summed E-state index contributed by atoms with van der Waals surface area (Å²) in [5.74, 6) is 0.0809. The van der Waals surface area contributed by atoms with Gasteiger partial charge in [-0.2, -0.15) is 0 Å². The van der Waals surface area contributed by atoms with Gasteiger partial charge in [-0.05, 0) is 35.1 Å². The summed E-state index contributed by atoms with van der Waals surface area (Å²) in [5, 5.41) is 0. The van der Waals surface area contributed by atoms with Crippen LogP contribution in [-0.4, -0.2) is 24.0 Å². The van der Waals surface area contributed by atoms with Crippen molar-refractivity contribution in [3.8, 4) is 0 Å². The number of rotatable bonds is 6. The quantitative estimate of drug-likeness (QED) is 0.578. The van der Waals surface area contributed by atoms with Crippen LogP contribution in [0.5, 0.6) is 0 Å². The topological polar surface area (TPSA) is 6.48 Å². The Labute approximate surface area is 170 Å². The van der Waals surface area contributed by atoms with Gasteiger partial charge in [-0.3, -0.25) is 4.90 Å². The maximum absolute atomic E-state index is 14.2. The highest BCUT2D eigenvalue weighted by Crippen LogP contribution is 2.51. The lowest BCUT2D eigenvalue weighted by Crippen LogP contribution is -2.34. The summed E-state index contributed by atoms with van der Waals surface area (Å²) >= 11 is 0. The zero-order valence-electron chi connectivity index (χ0n) is 16.2. The molecule has 1 saturated carbocycles. The Hall–Kier alpha value is -2.72. The molecule has 0 amide bonds. The first-order chi connectivity index (χ1) is 14.2. The highest BCUT2D eigenvalue weighted by Gasteiger charge is 2.58. The third-order valence-corrected chi connectivity index (χ3v) is 6.28. The molecule has 3 atom stereocenters. The number of anilines is 1. The zero-order chi connectivity index (χ0) is 19.8. The molecule has 5 rings (SSSR count). The van der Waals surface area contributed by atoms with Crippen LogP contribution < -0.4 is 4.90 Å². The number of hydrogen-bond donors (Lipinski definition) is 0. The molecular formula is C25H24F2N2. The van der Waals surface area contributed by atoms with Gasteiger partial charge in [-0.15, -0.1) is 0 Å². The second-order valence-electron chi connectivity index (χ2n) is 8.20. The molecular weight excluding hydrogens is 366 g/mol. The summed E-state index contributed by atoms with van der Waals surface area (Å²) in [4.78, 5) is 4.64. The lowest BCUT2D eigenvalue weighted by Gasteiger charge is -2.28. The average molecular weight is 390 g/mol. The summed E-state index contributed by atoms with van der Waals surface area (Å²) in [6.07, 6.45) is 0. The first-order valence-corrected chi connectivity index (χ1v) is 10.2. The van der Waals surface area contributed by atoms with E-state index in [4.69, 9.17) is 0 Å². The molecule has 0 radical (unpaired) electrons. The van der Waals surface area contributed by atoms with E-state index in [2.05, 4.69) is 58.3 Å². The summed E-state index contributed by atoms with van der Waals surface area (Å²) in [5.41, 5.74) is 3.15. The predicted molar refractivity (Wildman–Crippen MR) is 111 cm³/mol. The number of hydrogen-bond acceptors (Lipinski definition) is 2. The molecule has 1 aliphatic heterocycles. The normalized spacial score (nSPS) is 22.7. The van der Waals surface area contributed by atoms with Crippen molar-refractivity contribution < 1.29 is 8.78 Å². The molecule has 2 unspecified atom stereocenters. The van der Waals surface area contributed by atoms with Gasteiger partial charge in [0.05, 0.1) is 5.69 Å². The largest absolute Gasteiger partial charge is 0.368 e. The fourth-order valence-electron chi connectivity index (χ4n) is 4.87. The fraction of sp³-hybridized carbons (Fsp3) is 0.280. The van der Waals surface area contributed by atoms with Crippen LogP contribution in [0.3, 0.4) is 0 Å². The van der Waals surface area contributed by atoms with Gasteiger partial charge in [-0.1, -0.05) is 60.7 Å². The van der Waals surface area contributed by atoms with Crippen molar-refractivity contribution in [2.45, 2.75) is 19.1 Å². The molecule has 2 fully saturated rings. The Bertz CT molecular complexity index is 923. The van der Waals surface area contributed by atoms with Crippen molar-refractivity contribution in [2.24, 2.45) is 11.8 Å². The average Bonchev–Trinajstić information content (AvgIpc) is 3.22. The molecule has 4 heteroatoms. The summed E-state index contributed by atoms with van der Waals surface area (Å²) in [7, 11) is 0. The first kappa shape index (κ1) is 18.3. The molecule has 0 spiro atoms. The second kappa shape index (κ2) is 7.60. The molecule has 1 saturated heterocycles.